The summed E-state index contributed by atoms with van der Waals surface area (Å²) in [6.07, 6.45) is 6.01. The Balaban J connectivity index is 2.38. The molecule has 1 saturated carbocycles. The molecule has 70 valence electrons. The van der Waals surface area contributed by atoms with Crippen LogP contribution in [0, 0.1) is 16.7 Å². The molecule has 0 radical (unpaired) electrons. The number of carboxylic acids is 1. The van der Waals surface area contributed by atoms with Gasteiger partial charge in [-0.25, -0.2) is 4.79 Å². The van der Waals surface area contributed by atoms with Gasteiger partial charge in [0.2, 0.25) is 5.54 Å². The third-order valence-electron chi connectivity index (χ3n) is 3.18. The summed E-state index contributed by atoms with van der Waals surface area (Å²) in [5, 5.41) is 11.8. The van der Waals surface area contributed by atoms with E-state index >= 15 is 0 Å². The minimum atomic E-state index is -1.36. The molecule has 0 spiro atoms. The molecule has 0 aromatic carbocycles. The van der Waals surface area contributed by atoms with E-state index in [-0.39, 0.29) is 11.8 Å². The van der Waals surface area contributed by atoms with E-state index in [4.69, 9.17) is 5.11 Å². The highest BCUT2D eigenvalue weighted by atomic mass is 16.4. The van der Waals surface area contributed by atoms with Gasteiger partial charge in [-0.3, -0.25) is 0 Å². The Kier molecular flexibility index (Phi) is 1.71. The molecule has 0 amide bonds. The van der Waals surface area contributed by atoms with Crippen LogP contribution in [0.15, 0.2) is 17.3 Å². The Morgan fingerprint density at radius 3 is 2.46 bits per heavy atom. The average molecular weight is 181 g/mol. The van der Waals surface area contributed by atoms with Crippen molar-refractivity contribution in [3.63, 3.8) is 0 Å². The van der Waals surface area contributed by atoms with Crippen LogP contribution in [-0.2, 0) is 4.79 Å². The number of hydrogen-bond donors (Lipinski definition) is 1. The van der Waals surface area contributed by atoms with Gasteiger partial charge in [0.1, 0.15) is 0 Å². The fraction of sp³-hybridized carbons (Fsp3) is 0.667. The normalized spacial score (nSPS) is 41.8. The predicted octanol–water partition coefficient (Wildman–Crippen LogP) is 1.56. The summed E-state index contributed by atoms with van der Waals surface area (Å²) in [7, 11) is 0. The highest BCUT2D eigenvalue weighted by molar-refractivity contribution is 5.80. The van der Waals surface area contributed by atoms with Crippen LogP contribution in [0.3, 0.4) is 0 Å². The van der Waals surface area contributed by atoms with Crippen molar-refractivity contribution in [2.75, 3.05) is 0 Å². The molecule has 3 rings (SSSR count). The zero-order valence-electron chi connectivity index (χ0n) is 7.14. The van der Waals surface area contributed by atoms with Crippen molar-refractivity contribution in [2.45, 2.75) is 24.8 Å². The lowest BCUT2D eigenvalue weighted by molar-refractivity contribution is -0.147. The summed E-state index contributed by atoms with van der Waals surface area (Å²) in [5.74, 6) is -1.02. The van der Waals surface area contributed by atoms with Crippen LogP contribution in [0.5, 0.6) is 0 Å². The molecule has 4 heteroatoms. The molecule has 3 atom stereocenters. The smallest absolute Gasteiger partial charge is 0.335 e. The van der Waals surface area contributed by atoms with Gasteiger partial charge in [0, 0.05) is 5.92 Å². The van der Waals surface area contributed by atoms with Gasteiger partial charge < -0.3 is 5.11 Å². The van der Waals surface area contributed by atoms with Crippen molar-refractivity contribution in [1.29, 1.82) is 0 Å². The SMILES string of the molecule is O=N[C@]1(C(=O)O)CC2C=CC1CC2. The third-order valence-corrected chi connectivity index (χ3v) is 3.18. The molecule has 2 bridgehead atoms. The number of fused-ring (bicyclic) bond motifs is 2. The fourth-order valence-electron chi connectivity index (χ4n) is 2.39. The summed E-state index contributed by atoms with van der Waals surface area (Å²) < 4.78 is 0. The Hall–Kier alpha value is -1.19. The topological polar surface area (TPSA) is 66.7 Å². The number of allylic oxidation sites excluding steroid dienone is 1. The van der Waals surface area contributed by atoms with E-state index in [9.17, 15) is 9.70 Å². The van der Waals surface area contributed by atoms with Crippen LogP contribution >= 0.6 is 0 Å². The Labute approximate surface area is 75.6 Å². The molecule has 3 aliphatic rings. The molecule has 4 nitrogen and oxygen atoms in total. The first-order valence-corrected chi connectivity index (χ1v) is 4.45. The number of nitroso groups, excluding NO2 is 1. The van der Waals surface area contributed by atoms with Crippen molar-refractivity contribution in [1.82, 2.24) is 0 Å². The quantitative estimate of drug-likeness (QED) is 0.519. The molecule has 3 aliphatic carbocycles. The van der Waals surface area contributed by atoms with Gasteiger partial charge in [0.25, 0.3) is 0 Å². The molecule has 1 fully saturated rings. The fourth-order valence-corrected chi connectivity index (χ4v) is 2.39. The molecule has 0 heterocycles. The van der Waals surface area contributed by atoms with E-state index in [1.54, 1.807) is 0 Å². The van der Waals surface area contributed by atoms with E-state index in [2.05, 4.69) is 5.18 Å². The second-order valence-electron chi connectivity index (χ2n) is 3.85. The second kappa shape index (κ2) is 2.65. The highest BCUT2D eigenvalue weighted by Gasteiger charge is 2.52. The van der Waals surface area contributed by atoms with E-state index in [1.807, 2.05) is 12.2 Å². The number of carbonyl (C=O) groups is 1. The maximum Gasteiger partial charge on any atom is 0.335 e. The summed E-state index contributed by atoms with van der Waals surface area (Å²) >= 11 is 0. The molecule has 0 saturated heterocycles. The molecular weight excluding hydrogens is 170 g/mol. The van der Waals surface area contributed by atoms with E-state index in [0.717, 1.165) is 12.8 Å². The van der Waals surface area contributed by atoms with Gasteiger partial charge in [0.15, 0.2) is 0 Å². The zero-order chi connectivity index (χ0) is 9.47. The zero-order valence-corrected chi connectivity index (χ0v) is 7.14. The van der Waals surface area contributed by atoms with E-state index < -0.39 is 11.5 Å². The maximum atomic E-state index is 11.0. The summed E-state index contributed by atoms with van der Waals surface area (Å²) in [6, 6.07) is 0. The lowest BCUT2D eigenvalue weighted by Gasteiger charge is -2.40. The van der Waals surface area contributed by atoms with Crippen molar-refractivity contribution in [2.24, 2.45) is 17.0 Å². The number of hydrogen-bond acceptors (Lipinski definition) is 3. The number of carboxylic acid groups (broad SMARTS) is 1. The predicted molar refractivity (Wildman–Crippen MR) is 46.1 cm³/mol. The molecule has 0 aromatic rings. The second-order valence-corrected chi connectivity index (χ2v) is 3.85. The first kappa shape index (κ1) is 8.41. The first-order valence-electron chi connectivity index (χ1n) is 4.45. The molecule has 13 heavy (non-hydrogen) atoms. The minimum Gasteiger partial charge on any atom is -0.479 e. The Bertz CT molecular complexity index is 287. The van der Waals surface area contributed by atoms with Crippen LogP contribution in [-0.4, -0.2) is 16.6 Å². The summed E-state index contributed by atoms with van der Waals surface area (Å²) in [4.78, 5) is 21.6. The number of aliphatic carboxylic acids is 1. The van der Waals surface area contributed by atoms with Crippen LogP contribution < -0.4 is 0 Å². The lowest BCUT2D eigenvalue weighted by Crippen LogP contribution is -2.49. The van der Waals surface area contributed by atoms with Crippen LogP contribution in [0.1, 0.15) is 19.3 Å². The molecule has 0 aliphatic heterocycles. The molecule has 2 unspecified atom stereocenters. The third kappa shape index (κ3) is 1.01. The van der Waals surface area contributed by atoms with E-state index in [0.29, 0.717) is 6.42 Å². The minimum absolute atomic E-state index is 0.188. The van der Waals surface area contributed by atoms with Crippen LogP contribution in [0.25, 0.3) is 0 Å². The van der Waals surface area contributed by atoms with Crippen molar-refractivity contribution in [3.05, 3.63) is 17.1 Å². The Morgan fingerprint density at radius 2 is 2.23 bits per heavy atom. The van der Waals surface area contributed by atoms with Crippen molar-refractivity contribution < 1.29 is 9.90 Å². The van der Waals surface area contributed by atoms with Crippen molar-refractivity contribution >= 4 is 5.97 Å². The van der Waals surface area contributed by atoms with Gasteiger partial charge >= 0.3 is 5.97 Å². The highest BCUT2D eigenvalue weighted by Crippen LogP contribution is 2.45. The van der Waals surface area contributed by atoms with Gasteiger partial charge in [-0.05, 0) is 25.2 Å². The molecule has 0 aromatic heterocycles. The van der Waals surface area contributed by atoms with Gasteiger partial charge in [0.05, 0.1) is 0 Å². The van der Waals surface area contributed by atoms with Gasteiger partial charge in [-0.15, -0.1) is 4.91 Å². The molecule has 1 N–H and O–H groups in total. The largest absolute Gasteiger partial charge is 0.479 e. The van der Waals surface area contributed by atoms with Crippen LogP contribution in [0.2, 0.25) is 0 Å². The maximum absolute atomic E-state index is 11.0. The Morgan fingerprint density at radius 1 is 1.46 bits per heavy atom. The summed E-state index contributed by atoms with van der Waals surface area (Å²) in [5.41, 5.74) is -1.36. The summed E-state index contributed by atoms with van der Waals surface area (Å²) in [6.45, 7) is 0. The average Bonchev–Trinajstić information content (AvgIpc) is 2.19. The van der Waals surface area contributed by atoms with Crippen LogP contribution in [0.4, 0.5) is 0 Å². The molecular formula is C9H11NO3. The first-order chi connectivity index (χ1) is 6.19. The number of rotatable bonds is 2. The van der Waals surface area contributed by atoms with Gasteiger partial charge in [-0.2, -0.15) is 0 Å². The standard InChI is InChI=1S/C9H11NO3/c11-8(12)9(10-13)5-6-1-3-7(9)4-2-6/h1,3,6-7H,2,4-5H2,(H,11,12)/t6?,7?,9-/m1/s1. The van der Waals surface area contributed by atoms with E-state index in [1.165, 1.54) is 0 Å². The van der Waals surface area contributed by atoms with Gasteiger partial charge in [-0.1, -0.05) is 17.3 Å². The number of nitrogens with zero attached hydrogens (tertiary/aromatic N) is 1. The monoisotopic (exact) mass is 181 g/mol. The van der Waals surface area contributed by atoms with Crippen molar-refractivity contribution in [3.8, 4) is 0 Å². The lowest BCUT2D eigenvalue weighted by atomic mass is 9.64.